The van der Waals surface area contributed by atoms with E-state index in [0.717, 1.165) is 5.56 Å². The molecule has 0 fully saturated rings. The van der Waals surface area contributed by atoms with Crippen molar-refractivity contribution in [1.29, 1.82) is 0 Å². The van der Waals surface area contributed by atoms with Gasteiger partial charge in [-0.25, -0.2) is 4.79 Å². The minimum Gasteiger partial charge on any atom is -0.508 e. The number of hydrogen-bond donors (Lipinski definition) is 2. The smallest absolute Gasteiger partial charge is 0.344 e. The number of rotatable bonds is 1. The summed E-state index contributed by atoms with van der Waals surface area (Å²) >= 11 is 0. The van der Waals surface area contributed by atoms with Crippen LogP contribution in [0, 0.1) is 0 Å². The molecule has 94 valence electrons. The quantitative estimate of drug-likeness (QED) is 0.466. The van der Waals surface area contributed by atoms with Crippen LogP contribution in [0.15, 0.2) is 42.5 Å². The summed E-state index contributed by atoms with van der Waals surface area (Å²) < 4.78 is 5.10. The summed E-state index contributed by atoms with van der Waals surface area (Å²) in [5.41, 5.74) is 1.72. The van der Waals surface area contributed by atoms with E-state index in [1.54, 1.807) is 24.3 Å². The highest BCUT2D eigenvalue weighted by molar-refractivity contribution is 6.26. The maximum absolute atomic E-state index is 11.8. The fourth-order valence-corrected chi connectivity index (χ4v) is 1.96. The molecule has 0 bridgehead atoms. The second-order valence-electron chi connectivity index (χ2n) is 4.22. The number of fused-ring (bicyclic) bond motifs is 1. The van der Waals surface area contributed by atoms with E-state index in [2.05, 4.69) is 0 Å². The summed E-state index contributed by atoms with van der Waals surface area (Å²) in [6.07, 6.45) is 1.66. The Balaban J connectivity index is 2.08. The predicted octanol–water partition coefficient (Wildman–Crippen LogP) is 2.56. The van der Waals surface area contributed by atoms with Crippen LogP contribution in [-0.2, 0) is 4.79 Å². The van der Waals surface area contributed by atoms with Crippen molar-refractivity contribution in [2.24, 2.45) is 0 Å². The number of carbonyl (C=O) groups is 1. The Morgan fingerprint density at radius 3 is 2.37 bits per heavy atom. The van der Waals surface area contributed by atoms with E-state index in [1.807, 2.05) is 0 Å². The zero-order chi connectivity index (χ0) is 13.4. The molecule has 4 nitrogen and oxygen atoms in total. The first-order valence-corrected chi connectivity index (χ1v) is 5.70. The van der Waals surface area contributed by atoms with E-state index in [1.165, 1.54) is 24.3 Å². The molecule has 19 heavy (non-hydrogen) atoms. The molecule has 0 aromatic heterocycles. The first kappa shape index (κ1) is 11.3. The molecule has 0 radical (unpaired) electrons. The molecule has 0 atom stereocenters. The lowest BCUT2D eigenvalue weighted by atomic mass is 10.0. The zero-order valence-electron chi connectivity index (χ0n) is 9.83. The van der Waals surface area contributed by atoms with Gasteiger partial charge in [0, 0.05) is 5.56 Å². The second-order valence-corrected chi connectivity index (χ2v) is 4.22. The Hall–Kier alpha value is -2.75. The van der Waals surface area contributed by atoms with Crippen molar-refractivity contribution in [2.45, 2.75) is 0 Å². The summed E-state index contributed by atoms with van der Waals surface area (Å²) in [6, 6.07) is 11.0. The molecule has 3 rings (SSSR count). The minimum atomic E-state index is -0.450. The van der Waals surface area contributed by atoms with Crippen LogP contribution in [-0.4, -0.2) is 16.2 Å². The molecule has 0 saturated carbocycles. The Morgan fingerprint density at radius 2 is 1.63 bits per heavy atom. The van der Waals surface area contributed by atoms with Gasteiger partial charge in [0.1, 0.15) is 17.2 Å². The highest BCUT2D eigenvalue weighted by Crippen LogP contribution is 2.37. The molecule has 0 aliphatic carbocycles. The van der Waals surface area contributed by atoms with Gasteiger partial charge < -0.3 is 14.9 Å². The topological polar surface area (TPSA) is 66.8 Å². The van der Waals surface area contributed by atoms with Crippen molar-refractivity contribution in [3.63, 3.8) is 0 Å². The molecule has 2 N–H and O–H groups in total. The highest BCUT2D eigenvalue weighted by Gasteiger charge is 2.27. The average Bonchev–Trinajstić information content (AvgIpc) is 2.69. The average molecular weight is 254 g/mol. The number of phenolic OH excluding ortho intramolecular Hbond substituents is 2. The maximum atomic E-state index is 11.8. The molecule has 0 spiro atoms. The molecule has 4 heteroatoms. The summed E-state index contributed by atoms with van der Waals surface area (Å²) in [5.74, 6) is 0.226. The first-order valence-electron chi connectivity index (χ1n) is 5.70. The van der Waals surface area contributed by atoms with Gasteiger partial charge in [0.25, 0.3) is 0 Å². The monoisotopic (exact) mass is 254 g/mol. The van der Waals surface area contributed by atoms with Crippen molar-refractivity contribution in [3.8, 4) is 17.2 Å². The van der Waals surface area contributed by atoms with Gasteiger partial charge in [-0.15, -0.1) is 0 Å². The number of hydrogen-bond acceptors (Lipinski definition) is 4. The molecule has 2 aromatic rings. The third kappa shape index (κ3) is 2.04. The van der Waals surface area contributed by atoms with Crippen molar-refractivity contribution in [3.05, 3.63) is 53.6 Å². The molecule has 1 aliphatic heterocycles. The van der Waals surface area contributed by atoms with Gasteiger partial charge in [0.15, 0.2) is 0 Å². The Kier molecular flexibility index (Phi) is 2.49. The van der Waals surface area contributed by atoms with Crippen LogP contribution < -0.4 is 4.74 Å². The first-order chi connectivity index (χ1) is 9.13. The van der Waals surface area contributed by atoms with E-state index in [-0.39, 0.29) is 11.5 Å². The largest absolute Gasteiger partial charge is 0.508 e. The zero-order valence-corrected chi connectivity index (χ0v) is 9.83. The summed E-state index contributed by atoms with van der Waals surface area (Å²) in [4.78, 5) is 11.8. The SMILES string of the molecule is O=C1Oc2ccc(O)cc2C1=Cc1ccc(O)cc1. The number of ether oxygens (including phenoxy) is 1. The van der Waals surface area contributed by atoms with Gasteiger partial charge in [-0.1, -0.05) is 12.1 Å². The lowest BCUT2D eigenvalue weighted by molar-refractivity contribution is -0.126. The fourth-order valence-electron chi connectivity index (χ4n) is 1.96. The number of aromatic hydroxyl groups is 2. The third-order valence-corrected chi connectivity index (χ3v) is 2.88. The number of benzene rings is 2. The van der Waals surface area contributed by atoms with Crippen LogP contribution in [0.4, 0.5) is 0 Å². The normalized spacial score (nSPS) is 15.4. The van der Waals surface area contributed by atoms with Crippen LogP contribution in [0.5, 0.6) is 17.2 Å². The van der Waals surface area contributed by atoms with Gasteiger partial charge in [0.05, 0.1) is 5.57 Å². The van der Waals surface area contributed by atoms with Crippen LogP contribution in [0.3, 0.4) is 0 Å². The summed E-state index contributed by atoms with van der Waals surface area (Å²) in [6.45, 7) is 0. The van der Waals surface area contributed by atoms with Gasteiger partial charge in [-0.2, -0.15) is 0 Å². The molecular formula is C15H10O4. The van der Waals surface area contributed by atoms with E-state index in [9.17, 15) is 15.0 Å². The van der Waals surface area contributed by atoms with Gasteiger partial charge in [0.2, 0.25) is 0 Å². The van der Waals surface area contributed by atoms with Crippen molar-refractivity contribution < 1.29 is 19.7 Å². The van der Waals surface area contributed by atoms with E-state index < -0.39 is 5.97 Å². The third-order valence-electron chi connectivity index (χ3n) is 2.88. The molecule has 0 amide bonds. The van der Waals surface area contributed by atoms with Gasteiger partial charge in [-0.05, 0) is 42.0 Å². The fraction of sp³-hybridized carbons (Fsp3) is 0. The van der Waals surface area contributed by atoms with Crippen LogP contribution in [0.1, 0.15) is 11.1 Å². The lowest BCUT2D eigenvalue weighted by Gasteiger charge is -1.98. The standard InChI is InChI=1S/C15H10O4/c16-10-3-1-9(2-4-10)7-13-12-8-11(17)5-6-14(12)19-15(13)18/h1-8,16-17H. The van der Waals surface area contributed by atoms with Crippen molar-refractivity contribution >= 4 is 17.6 Å². The van der Waals surface area contributed by atoms with Crippen LogP contribution in [0.2, 0.25) is 0 Å². The molecule has 1 heterocycles. The van der Waals surface area contributed by atoms with Crippen LogP contribution >= 0.6 is 0 Å². The molecule has 1 aliphatic rings. The molecule has 0 unspecified atom stereocenters. The Bertz CT molecular complexity index is 684. The van der Waals surface area contributed by atoms with Crippen molar-refractivity contribution in [1.82, 2.24) is 0 Å². The minimum absolute atomic E-state index is 0.0775. The highest BCUT2D eigenvalue weighted by atomic mass is 16.5. The summed E-state index contributed by atoms with van der Waals surface area (Å²) in [5, 5.41) is 18.7. The number of phenols is 2. The number of carbonyl (C=O) groups excluding carboxylic acids is 1. The van der Waals surface area contributed by atoms with Crippen molar-refractivity contribution in [2.75, 3.05) is 0 Å². The lowest BCUT2D eigenvalue weighted by Crippen LogP contribution is -2.00. The Morgan fingerprint density at radius 1 is 0.947 bits per heavy atom. The Labute approximate surface area is 109 Å². The van der Waals surface area contributed by atoms with Gasteiger partial charge in [-0.3, -0.25) is 0 Å². The molecule has 2 aromatic carbocycles. The predicted molar refractivity (Wildman–Crippen MR) is 69.7 cm³/mol. The molecular weight excluding hydrogens is 244 g/mol. The van der Waals surface area contributed by atoms with Gasteiger partial charge >= 0.3 is 5.97 Å². The van der Waals surface area contributed by atoms with Crippen LogP contribution in [0.25, 0.3) is 11.6 Å². The maximum Gasteiger partial charge on any atom is 0.344 e. The van der Waals surface area contributed by atoms with E-state index in [0.29, 0.717) is 16.9 Å². The summed E-state index contributed by atoms with van der Waals surface area (Å²) in [7, 11) is 0. The molecule has 0 saturated heterocycles. The number of esters is 1. The van der Waals surface area contributed by atoms with E-state index in [4.69, 9.17) is 4.74 Å². The second kappa shape index (κ2) is 4.17. The van der Waals surface area contributed by atoms with E-state index >= 15 is 0 Å².